The van der Waals surface area contributed by atoms with Gasteiger partial charge in [0.1, 0.15) is 18.0 Å². The first-order valence-electron chi connectivity index (χ1n) is 14.4. The maximum atomic E-state index is 15.8. The van der Waals surface area contributed by atoms with Crippen molar-refractivity contribution >= 4 is 34.7 Å². The number of carbonyl (C=O) groups excluding carboxylic acids is 3. The SMILES string of the molecule is COc1c(N2CCN(C(=O)C(NC(=O)C(N)C(C)C)C(C)C)C(C)C2)c(F)cc2c(=O)cc(CC=O)n(C3CC3)c12. The number of carbonyl (C=O) groups is 3. The molecule has 1 saturated carbocycles. The third-order valence-corrected chi connectivity index (χ3v) is 8.18. The molecule has 0 radical (unpaired) electrons. The third-order valence-electron chi connectivity index (χ3n) is 8.18. The number of amides is 2. The van der Waals surface area contributed by atoms with Gasteiger partial charge in [0.05, 0.1) is 24.1 Å². The Morgan fingerprint density at radius 2 is 1.85 bits per heavy atom. The molecule has 1 aromatic heterocycles. The highest BCUT2D eigenvalue weighted by atomic mass is 19.1. The van der Waals surface area contributed by atoms with Gasteiger partial charge in [-0.15, -0.1) is 0 Å². The zero-order chi connectivity index (χ0) is 30.2. The molecule has 1 aromatic carbocycles. The van der Waals surface area contributed by atoms with Crippen LogP contribution in [0.15, 0.2) is 16.9 Å². The maximum absolute atomic E-state index is 15.8. The van der Waals surface area contributed by atoms with E-state index in [1.807, 2.05) is 44.1 Å². The molecule has 2 heterocycles. The molecule has 2 aliphatic rings. The quantitative estimate of drug-likeness (QED) is 0.419. The number of piperazine rings is 1. The third kappa shape index (κ3) is 5.95. The van der Waals surface area contributed by atoms with E-state index in [0.29, 0.717) is 30.8 Å². The van der Waals surface area contributed by atoms with E-state index in [2.05, 4.69) is 5.32 Å². The molecule has 0 spiro atoms. The molecule has 4 rings (SSSR count). The number of rotatable bonds is 10. The van der Waals surface area contributed by atoms with Gasteiger partial charge in [-0.05, 0) is 37.7 Å². The minimum Gasteiger partial charge on any atom is -0.492 e. The van der Waals surface area contributed by atoms with Gasteiger partial charge < -0.3 is 34.9 Å². The first kappa shape index (κ1) is 30.5. The molecule has 3 N–H and O–H groups in total. The van der Waals surface area contributed by atoms with Crippen LogP contribution >= 0.6 is 0 Å². The topological polar surface area (TPSA) is 127 Å². The highest BCUT2D eigenvalue weighted by Gasteiger charge is 2.37. The fourth-order valence-corrected chi connectivity index (χ4v) is 5.69. The number of fused-ring (bicyclic) bond motifs is 1. The zero-order valence-electron chi connectivity index (χ0n) is 24.8. The Labute approximate surface area is 240 Å². The molecule has 2 aromatic rings. The Morgan fingerprint density at radius 1 is 1.17 bits per heavy atom. The molecule has 2 amide bonds. The number of nitrogens with two attached hydrogens (primary N) is 1. The molecule has 1 aliphatic carbocycles. The van der Waals surface area contributed by atoms with E-state index in [1.54, 1.807) is 4.90 Å². The van der Waals surface area contributed by atoms with Gasteiger partial charge in [-0.1, -0.05) is 27.7 Å². The van der Waals surface area contributed by atoms with Crippen LogP contribution in [0, 0.1) is 17.7 Å². The number of anilines is 1. The van der Waals surface area contributed by atoms with Gasteiger partial charge in [-0.3, -0.25) is 14.4 Å². The Bertz CT molecular complexity index is 1390. The second-order valence-electron chi connectivity index (χ2n) is 11.9. The summed E-state index contributed by atoms with van der Waals surface area (Å²) >= 11 is 0. The highest BCUT2D eigenvalue weighted by molar-refractivity contribution is 5.93. The van der Waals surface area contributed by atoms with Gasteiger partial charge in [0.25, 0.3) is 0 Å². The second kappa shape index (κ2) is 12.2. The first-order chi connectivity index (χ1) is 19.4. The van der Waals surface area contributed by atoms with Crippen LogP contribution in [0.4, 0.5) is 10.1 Å². The maximum Gasteiger partial charge on any atom is 0.245 e. The number of hydrogen-bond acceptors (Lipinski definition) is 7. The molecule has 224 valence electrons. The number of nitrogens with zero attached hydrogens (tertiary/aromatic N) is 3. The Balaban J connectivity index is 1.66. The number of aldehydes is 1. The van der Waals surface area contributed by atoms with Crippen LogP contribution in [0.25, 0.3) is 10.9 Å². The average Bonchev–Trinajstić information content (AvgIpc) is 3.75. The fourth-order valence-electron chi connectivity index (χ4n) is 5.69. The molecule has 41 heavy (non-hydrogen) atoms. The summed E-state index contributed by atoms with van der Waals surface area (Å²) in [7, 11) is 1.45. The van der Waals surface area contributed by atoms with Crippen molar-refractivity contribution in [3.05, 3.63) is 33.9 Å². The van der Waals surface area contributed by atoms with Crippen LogP contribution in [-0.2, 0) is 20.8 Å². The summed E-state index contributed by atoms with van der Waals surface area (Å²) in [6.45, 7) is 10.3. The summed E-state index contributed by atoms with van der Waals surface area (Å²) in [5, 5.41) is 3.05. The molecule has 10 nitrogen and oxygen atoms in total. The second-order valence-corrected chi connectivity index (χ2v) is 11.9. The lowest BCUT2D eigenvalue weighted by molar-refractivity contribution is -0.140. The smallest absolute Gasteiger partial charge is 0.245 e. The highest BCUT2D eigenvalue weighted by Crippen LogP contribution is 2.44. The number of benzene rings is 1. The largest absolute Gasteiger partial charge is 0.492 e. The van der Waals surface area contributed by atoms with Crippen molar-refractivity contribution in [1.82, 2.24) is 14.8 Å². The van der Waals surface area contributed by atoms with Crippen LogP contribution in [0.2, 0.25) is 0 Å². The van der Waals surface area contributed by atoms with E-state index >= 15 is 4.39 Å². The van der Waals surface area contributed by atoms with Crippen molar-refractivity contribution in [2.75, 3.05) is 31.6 Å². The fraction of sp³-hybridized carbons (Fsp3) is 0.600. The Kier molecular flexibility index (Phi) is 9.06. The summed E-state index contributed by atoms with van der Waals surface area (Å²) in [5.74, 6) is -1.13. The summed E-state index contributed by atoms with van der Waals surface area (Å²) < 4.78 is 23.5. The molecule has 3 unspecified atom stereocenters. The number of pyridine rings is 1. The summed E-state index contributed by atoms with van der Waals surface area (Å²) in [6, 6.07) is 1.02. The standard InChI is InChI=1S/C30H42FN5O5/c1-16(2)24(32)29(39)33-25(17(3)4)30(40)35-11-10-34(15-18(35)5)27-22(31)14-21-23(38)13-20(9-12-37)36(19-7-8-19)26(21)28(27)41-6/h12-14,16-19,24-25H,7-11,15,32H2,1-6H3,(H,33,39). The van der Waals surface area contributed by atoms with Crippen molar-refractivity contribution in [2.24, 2.45) is 17.6 Å². The van der Waals surface area contributed by atoms with Gasteiger partial charge in [-0.2, -0.15) is 0 Å². The van der Waals surface area contributed by atoms with Crippen LogP contribution in [-0.4, -0.2) is 72.4 Å². The average molecular weight is 572 g/mol. The van der Waals surface area contributed by atoms with Gasteiger partial charge in [0.2, 0.25) is 11.8 Å². The van der Waals surface area contributed by atoms with E-state index in [0.717, 1.165) is 19.1 Å². The Morgan fingerprint density at radius 3 is 2.39 bits per heavy atom. The number of methoxy groups -OCH3 is 1. The van der Waals surface area contributed by atoms with Gasteiger partial charge in [0.15, 0.2) is 17.0 Å². The van der Waals surface area contributed by atoms with Crippen molar-refractivity contribution < 1.29 is 23.5 Å². The van der Waals surface area contributed by atoms with Crippen LogP contribution in [0.1, 0.15) is 59.2 Å². The predicted molar refractivity (Wildman–Crippen MR) is 156 cm³/mol. The number of hydrogen-bond donors (Lipinski definition) is 2. The van der Waals surface area contributed by atoms with Crippen molar-refractivity contribution in [2.45, 2.75) is 78.0 Å². The van der Waals surface area contributed by atoms with Crippen molar-refractivity contribution in [3.8, 4) is 5.75 Å². The van der Waals surface area contributed by atoms with E-state index in [9.17, 15) is 19.2 Å². The lowest BCUT2D eigenvalue weighted by Crippen LogP contribution is -2.61. The van der Waals surface area contributed by atoms with Gasteiger partial charge in [-0.25, -0.2) is 4.39 Å². The normalized spacial score (nSPS) is 19.0. The molecule has 1 aliphatic heterocycles. The molecular formula is C30H42FN5O5. The molecule has 1 saturated heterocycles. The Hall–Kier alpha value is -3.47. The van der Waals surface area contributed by atoms with Crippen LogP contribution in [0.3, 0.4) is 0 Å². The number of ether oxygens (including phenoxy) is 1. The van der Waals surface area contributed by atoms with Gasteiger partial charge in [0, 0.05) is 49.9 Å². The molecule has 0 bridgehead atoms. The summed E-state index contributed by atoms with van der Waals surface area (Å²) in [6.07, 6.45) is 2.63. The minimum absolute atomic E-state index is 0.0713. The predicted octanol–water partition coefficient (Wildman–Crippen LogP) is 2.39. The van der Waals surface area contributed by atoms with E-state index in [1.165, 1.54) is 19.2 Å². The van der Waals surface area contributed by atoms with Crippen LogP contribution in [0.5, 0.6) is 5.75 Å². The molecule has 2 fully saturated rings. The van der Waals surface area contributed by atoms with Crippen LogP contribution < -0.4 is 26.1 Å². The first-order valence-corrected chi connectivity index (χ1v) is 14.4. The van der Waals surface area contributed by atoms with E-state index in [-0.39, 0.29) is 64.4 Å². The summed E-state index contributed by atoms with van der Waals surface area (Å²) in [4.78, 5) is 54.2. The van der Waals surface area contributed by atoms with Crippen molar-refractivity contribution in [1.29, 1.82) is 0 Å². The molecule has 11 heteroatoms. The number of halogens is 1. The minimum atomic E-state index is -0.738. The summed E-state index contributed by atoms with van der Waals surface area (Å²) in [5.41, 5.74) is 6.96. The lowest BCUT2D eigenvalue weighted by Gasteiger charge is -2.43. The molecular weight excluding hydrogens is 529 g/mol. The zero-order valence-corrected chi connectivity index (χ0v) is 24.8. The van der Waals surface area contributed by atoms with Gasteiger partial charge >= 0.3 is 0 Å². The number of nitrogens with one attached hydrogen (secondary N) is 1. The monoisotopic (exact) mass is 571 g/mol. The lowest BCUT2D eigenvalue weighted by atomic mass is 9.98. The van der Waals surface area contributed by atoms with E-state index < -0.39 is 17.9 Å². The molecule has 3 atom stereocenters. The number of aromatic nitrogens is 1. The van der Waals surface area contributed by atoms with E-state index in [4.69, 9.17) is 10.5 Å². The van der Waals surface area contributed by atoms with Crippen molar-refractivity contribution in [3.63, 3.8) is 0 Å².